The number of anilines is 1. The molecule has 1 aliphatic heterocycles. The summed E-state index contributed by atoms with van der Waals surface area (Å²) in [4.78, 5) is 25.4. The number of aliphatic hydroxyl groups excluding tert-OH is 1. The zero-order valence-corrected chi connectivity index (χ0v) is 15.1. The molecule has 1 aliphatic rings. The molecule has 2 rings (SSSR count). The van der Waals surface area contributed by atoms with Crippen molar-refractivity contribution >= 4 is 29.1 Å². The Balaban J connectivity index is 1.99. The molecule has 10 heteroatoms. The number of carbonyl (C=O) groups excluding carboxylic acids is 2. The summed E-state index contributed by atoms with van der Waals surface area (Å²) in [6.45, 7) is 1.13. The lowest BCUT2D eigenvalue weighted by Crippen LogP contribution is -2.71. The second kappa shape index (κ2) is 7.75. The Morgan fingerprint density at radius 3 is 2.69 bits per heavy atom. The number of methoxy groups -OCH3 is 1. The molecule has 8 nitrogen and oxygen atoms in total. The molecule has 1 fully saturated rings. The van der Waals surface area contributed by atoms with E-state index < -0.39 is 35.4 Å². The highest BCUT2D eigenvalue weighted by molar-refractivity contribution is 6.33. The molecule has 0 aliphatic carbocycles. The number of nitrogen functional groups attached to an aromatic ring is 1. The first-order valence-corrected chi connectivity index (χ1v) is 8.20. The molecular formula is C16H21ClFN3O5. The summed E-state index contributed by atoms with van der Waals surface area (Å²) in [7, 11) is 1.34. The van der Waals surface area contributed by atoms with Crippen LogP contribution in [0.25, 0.3) is 0 Å². The van der Waals surface area contributed by atoms with E-state index in [0.29, 0.717) is 0 Å². The van der Waals surface area contributed by atoms with Crippen molar-refractivity contribution in [3.05, 3.63) is 28.5 Å². The summed E-state index contributed by atoms with van der Waals surface area (Å²) < 4.78 is 18.6. The van der Waals surface area contributed by atoms with Crippen LogP contribution in [-0.4, -0.2) is 71.5 Å². The number of benzene rings is 1. The fourth-order valence-corrected chi connectivity index (χ4v) is 2.77. The van der Waals surface area contributed by atoms with Gasteiger partial charge in [-0.2, -0.15) is 0 Å². The van der Waals surface area contributed by atoms with Crippen LogP contribution in [0.4, 0.5) is 10.1 Å². The second-order valence-electron chi connectivity index (χ2n) is 6.32. The Hall–Kier alpha value is -1.94. The maximum atomic E-state index is 13.9. The third-order valence-corrected chi connectivity index (χ3v) is 4.65. The Labute approximate surface area is 154 Å². The van der Waals surface area contributed by atoms with Crippen molar-refractivity contribution in [1.29, 1.82) is 0 Å². The largest absolute Gasteiger partial charge is 0.397 e. The number of likely N-dealkylation sites (tertiary alicyclic amines) is 1. The summed E-state index contributed by atoms with van der Waals surface area (Å²) in [6, 6.07) is 1.35. The lowest BCUT2D eigenvalue weighted by Gasteiger charge is -2.49. The molecule has 1 saturated heterocycles. The number of aliphatic hydroxyl groups is 2. The highest BCUT2D eigenvalue weighted by Crippen LogP contribution is 2.29. The van der Waals surface area contributed by atoms with Crippen LogP contribution in [0.15, 0.2) is 12.1 Å². The molecule has 0 bridgehead atoms. The Morgan fingerprint density at radius 2 is 2.12 bits per heavy atom. The molecule has 26 heavy (non-hydrogen) atoms. The molecule has 0 spiro atoms. The number of amides is 2. The zero-order valence-electron chi connectivity index (χ0n) is 14.3. The monoisotopic (exact) mass is 389 g/mol. The van der Waals surface area contributed by atoms with Gasteiger partial charge >= 0.3 is 0 Å². The molecule has 2 atom stereocenters. The quantitative estimate of drug-likeness (QED) is 0.498. The fourth-order valence-electron chi connectivity index (χ4n) is 2.61. The Bertz CT molecular complexity index is 711. The van der Waals surface area contributed by atoms with Gasteiger partial charge in [-0.15, -0.1) is 0 Å². The number of nitrogens with two attached hydrogens (primary N) is 1. The number of rotatable bonds is 6. The van der Waals surface area contributed by atoms with Crippen LogP contribution in [0.5, 0.6) is 0 Å². The minimum atomic E-state index is -1.40. The molecule has 2 amide bonds. The standard InChI is InChI=1S/C16H21ClFN3O5/c1-8(20-14(23)13(22)5-26-2)16(25)6-21(7-16)15(24)9-3-10(17)12(19)4-11(9)18/h3-4,8,13,22,25H,5-7,19H2,1-2H3,(H,20,23). The predicted molar refractivity (Wildman–Crippen MR) is 92.2 cm³/mol. The summed E-state index contributed by atoms with van der Waals surface area (Å²) in [5, 5.41) is 22.6. The van der Waals surface area contributed by atoms with Crippen LogP contribution >= 0.6 is 11.6 Å². The number of hydrogen-bond acceptors (Lipinski definition) is 6. The van der Waals surface area contributed by atoms with Crippen LogP contribution in [-0.2, 0) is 9.53 Å². The average molecular weight is 390 g/mol. The van der Waals surface area contributed by atoms with Crippen LogP contribution in [0.3, 0.4) is 0 Å². The fraction of sp³-hybridized carbons (Fsp3) is 0.500. The van der Waals surface area contributed by atoms with Gasteiger partial charge in [0.05, 0.1) is 42.0 Å². The van der Waals surface area contributed by atoms with E-state index >= 15 is 0 Å². The number of carbonyl (C=O) groups is 2. The highest BCUT2D eigenvalue weighted by atomic mass is 35.5. The number of nitrogens with one attached hydrogen (secondary N) is 1. The van der Waals surface area contributed by atoms with Gasteiger partial charge in [0.25, 0.3) is 11.8 Å². The van der Waals surface area contributed by atoms with Crippen LogP contribution in [0.1, 0.15) is 17.3 Å². The van der Waals surface area contributed by atoms with Crippen molar-refractivity contribution in [2.24, 2.45) is 0 Å². The van der Waals surface area contributed by atoms with E-state index in [1.807, 2.05) is 0 Å². The molecule has 0 aromatic heterocycles. The molecule has 1 heterocycles. The lowest BCUT2D eigenvalue weighted by molar-refractivity contribution is -0.139. The van der Waals surface area contributed by atoms with Gasteiger partial charge in [-0.05, 0) is 19.1 Å². The van der Waals surface area contributed by atoms with E-state index in [2.05, 4.69) is 10.1 Å². The first-order valence-electron chi connectivity index (χ1n) is 7.82. The number of nitrogens with zero attached hydrogens (tertiary/aromatic N) is 1. The van der Waals surface area contributed by atoms with Gasteiger partial charge in [-0.25, -0.2) is 4.39 Å². The average Bonchev–Trinajstić information content (AvgIpc) is 2.54. The van der Waals surface area contributed by atoms with Gasteiger partial charge < -0.3 is 30.9 Å². The molecule has 0 radical (unpaired) electrons. The third kappa shape index (κ3) is 4.07. The van der Waals surface area contributed by atoms with E-state index in [-0.39, 0.29) is 36.0 Å². The van der Waals surface area contributed by atoms with E-state index in [0.717, 1.165) is 12.1 Å². The van der Waals surface area contributed by atoms with Crippen molar-refractivity contribution in [1.82, 2.24) is 10.2 Å². The molecular weight excluding hydrogens is 369 g/mol. The first-order chi connectivity index (χ1) is 12.1. The lowest BCUT2D eigenvalue weighted by atomic mass is 9.86. The minimum absolute atomic E-state index is 0.0202. The molecule has 2 unspecified atom stereocenters. The van der Waals surface area contributed by atoms with Gasteiger partial charge in [0.15, 0.2) is 6.10 Å². The predicted octanol–water partition coefficient (Wildman–Crippen LogP) is -0.240. The number of halogens is 2. The van der Waals surface area contributed by atoms with Gasteiger partial charge in [-0.1, -0.05) is 11.6 Å². The van der Waals surface area contributed by atoms with Crippen molar-refractivity contribution in [3.63, 3.8) is 0 Å². The SMILES string of the molecule is COCC(O)C(=O)NC(C)C1(O)CN(C(=O)c2cc(Cl)c(N)cc2F)C1. The summed E-state index contributed by atoms with van der Waals surface area (Å²) in [5.41, 5.74) is 3.85. The van der Waals surface area contributed by atoms with Crippen LogP contribution in [0, 0.1) is 5.82 Å². The summed E-state index contributed by atoms with van der Waals surface area (Å²) in [6.07, 6.45) is -1.37. The van der Waals surface area contributed by atoms with Crippen molar-refractivity contribution in [2.45, 2.75) is 24.7 Å². The molecule has 1 aromatic rings. The molecule has 0 saturated carbocycles. The number of ether oxygens (including phenoxy) is 1. The normalized spacial score (nSPS) is 18.0. The Morgan fingerprint density at radius 1 is 1.50 bits per heavy atom. The van der Waals surface area contributed by atoms with Gasteiger partial charge in [0.1, 0.15) is 11.4 Å². The third-order valence-electron chi connectivity index (χ3n) is 4.33. The molecule has 144 valence electrons. The second-order valence-corrected chi connectivity index (χ2v) is 6.73. The van der Waals surface area contributed by atoms with Crippen molar-refractivity contribution in [3.8, 4) is 0 Å². The van der Waals surface area contributed by atoms with Crippen LogP contribution in [0.2, 0.25) is 5.02 Å². The maximum Gasteiger partial charge on any atom is 0.257 e. The molecule has 5 N–H and O–H groups in total. The van der Waals surface area contributed by atoms with Crippen molar-refractivity contribution < 1.29 is 28.9 Å². The first kappa shape index (κ1) is 20.4. The van der Waals surface area contributed by atoms with Crippen molar-refractivity contribution in [2.75, 3.05) is 32.5 Å². The summed E-state index contributed by atoms with van der Waals surface area (Å²) in [5.74, 6) is -2.16. The number of hydrogen-bond donors (Lipinski definition) is 4. The van der Waals surface area contributed by atoms with E-state index in [4.69, 9.17) is 17.3 Å². The van der Waals surface area contributed by atoms with Crippen LogP contribution < -0.4 is 11.1 Å². The topological polar surface area (TPSA) is 125 Å². The van der Waals surface area contributed by atoms with Gasteiger partial charge in [-0.3, -0.25) is 9.59 Å². The van der Waals surface area contributed by atoms with Gasteiger partial charge in [0.2, 0.25) is 0 Å². The maximum absolute atomic E-state index is 13.9. The molecule has 1 aromatic carbocycles. The van der Waals surface area contributed by atoms with E-state index in [9.17, 15) is 24.2 Å². The van der Waals surface area contributed by atoms with E-state index in [1.54, 1.807) is 6.92 Å². The van der Waals surface area contributed by atoms with Gasteiger partial charge in [0, 0.05) is 7.11 Å². The smallest absolute Gasteiger partial charge is 0.257 e. The zero-order chi connectivity index (χ0) is 19.6. The summed E-state index contributed by atoms with van der Waals surface area (Å²) >= 11 is 5.82. The minimum Gasteiger partial charge on any atom is -0.397 e. The number of β-amino-alcohol motifs (C(OH)–C–C–N with tert-alkyl or cyclic N) is 1. The van der Waals surface area contributed by atoms with E-state index in [1.165, 1.54) is 12.0 Å². The highest BCUT2D eigenvalue weighted by Gasteiger charge is 2.48. The Kier molecular flexibility index (Phi) is 6.07.